The fourth-order valence-corrected chi connectivity index (χ4v) is 6.53. The molecule has 0 spiro atoms. The van der Waals surface area contributed by atoms with Crippen LogP contribution in [-0.4, -0.2) is 56.9 Å². The molecule has 1 aromatic carbocycles. The summed E-state index contributed by atoms with van der Waals surface area (Å²) in [5.41, 5.74) is 2.06. The van der Waals surface area contributed by atoms with Crippen molar-refractivity contribution in [3.05, 3.63) is 68.4 Å². The lowest BCUT2D eigenvalue weighted by Crippen LogP contribution is -2.39. The lowest BCUT2D eigenvalue weighted by Gasteiger charge is -2.33. The van der Waals surface area contributed by atoms with E-state index in [0.717, 1.165) is 24.3 Å². The maximum Gasteiger partial charge on any atom is 0.435 e. The van der Waals surface area contributed by atoms with Crippen LogP contribution in [0, 0.1) is 6.92 Å². The lowest BCUT2D eigenvalue weighted by molar-refractivity contribution is -0.142. The van der Waals surface area contributed by atoms with E-state index in [4.69, 9.17) is 0 Å². The number of likely N-dealkylation sites (tertiary alicyclic amines) is 1. The Labute approximate surface area is 223 Å². The van der Waals surface area contributed by atoms with E-state index in [0.29, 0.717) is 31.6 Å². The number of nitrogens with one attached hydrogen (secondary N) is 1. The summed E-state index contributed by atoms with van der Waals surface area (Å²) in [7, 11) is 1.84. The first kappa shape index (κ1) is 26.4. The van der Waals surface area contributed by atoms with Crippen LogP contribution in [0.5, 0.6) is 0 Å². The molecule has 202 valence electrons. The molecule has 38 heavy (non-hydrogen) atoms. The van der Waals surface area contributed by atoms with E-state index in [1.54, 1.807) is 15.2 Å². The number of rotatable bonds is 5. The van der Waals surface area contributed by atoms with Gasteiger partial charge in [-0.25, -0.2) is 4.98 Å². The molecule has 1 N–H and O–H groups in total. The van der Waals surface area contributed by atoms with Crippen LogP contribution in [0.15, 0.2) is 29.6 Å². The van der Waals surface area contributed by atoms with E-state index < -0.39 is 11.9 Å². The Morgan fingerprint density at radius 2 is 1.92 bits per heavy atom. The molecule has 3 heterocycles. The van der Waals surface area contributed by atoms with E-state index in [-0.39, 0.29) is 41.5 Å². The van der Waals surface area contributed by atoms with Gasteiger partial charge in [-0.1, -0.05) is 24.3 Å². The number of H-pyrrole nitrogens is 1. The molecule has 1 aliphatic carbocycles. The van der Waals surface area contributed by atoms with Crippen LogP contribution in [0.25, 0.3) is 0 Å². The van der Waals surface area contributed by atoms with E-state index in [2.05, 4.69) is 27.3 Å². The zero-order valence-corrected chi connectivity index (χ0v) is 22.2. The van der Waals surface area contributed by atoms with Gasteiger partial charge in [0.1, 0.15) is 5.69 Å². The zero-order chi connectivity index (χ0) is 27.0. The number of carbonyl (C=O) groups is 2. The van der Waals surface area contributed by atoms with Gasteiger partial charge in [0.05, 0.1) is 17.5 Å². The van der Waals surface area contributed by atoms with Crippen LogP contribution >= 0.6 is 11.3 Å². The van der Waals surface area contributed by atoms with Gasteiger partial charge in [0.15, 0.2) is 5.69 Å². The Hall–Kier alpha value is -3.21. The molecular formula is C27H30F3N5O2S. The first-order chi connectivity index (χ1) is 18.1. The molecule has 5 rings (SSSR count). The molecule has 0 saturated carbocycles. The number of carbonyl (C=O) groups excluding carboxylic acids is 2. The molecule has 7 nitrogen and oxygen atoms in total. The first-order valence-electron chi connectivity index (χ1n) is 12.8. The Balaban J connectivity index is 1.20. The first-order valence-corrected chi connectivity index (χ1v) is 13.7. The molecule has 1 atom stereocenters. The van der Waals surface area contributed by atoms with Gasteiger partial charge in [0.25, 0.3) is 5.91 Å². The molecule has 2 aromatic heterocycles. The van der Waals surface area contributed by atoms with Gasteiger partial charge in [0.2, 0.25) is 5.91 Å². The number of benzene rings is 1. The smallest absolute Gasteiger partial charge is 0.342 e. The number of aromatic amines is 1. The third kappa shape index (κ3) is 5.21. The number of fused-ring (bicyclic) bond motifs is 1. The summed E-state index contributed by atoms with van der Waals surface area (Å²) in [5, 5.41) is 8.37. The minimum atomic E-state index is -4.61. The number of aromatic nitrogens is 3. The second kappa shape index (κ2) is 10.5. The Morgan fingerprint density at radius 3 is 2.66 bits per heavy atom. The van der Waals surface area contributed by atoms with E-state index in [9.17, 15) is 22.8 Å². The number of aryl methyl sites for hydroxylation is 2. The highest BCUT2D eigenvalue weighted by molar-refractivity contribution is 7.09. The molecule has 1 saturated heterocycles. The number of nitrogens with zero attached hydrogens (tertiary/aromatic N) is 4. The summed E-state index contributed by atoms with van der Waals surface area (Å²) >= 11 is 1.45. The average Bonchev–Trinajstić information content (AvgIpc) is 3.55. The van der Waals surface area contributed by atoms with E-state index >= 15 is 0 Å². The van der Waals surface area contributed by atoms with Gasteiger partial charge in [-0.3, -0.25) is 14.7 Å². The van der Waals surface area contributed by atoms with Crippen LogP contribution < -0.4 is 0 Å². The lowest BCUT2D eigenvalue weighted by atomic mass is 9.87. The van der Waals surface area contributed by atoms with Crippen molar-refractivity contribution in [2.45, 2.75) is 63.6 Å². The van der Waals surface area contributed by atoms with Gasteiger partial charge >= 0.3 is 6.18 Å². The number of halogens is 3. The highest BCUT2D eigenvalue weighted by atomic mass is 32.1. The number of hydrogen-bond donors (Lipinski definition) is 1. The predicted molar refractivity (Wildman–Crippen MR) is 137 cm³/mol. The van der Waals surface area contributed by atoms with Gasteiger partial charge in [-0.05, 0) is 50.2 Å². The fourth-order valence-electron chi connectivity index (χ4n) is 5.57. The number of hydrogen-bond acceptors (Lipinski definition) is 5. The van der Waals surface area contributed by atoms with Crippen LogP contribution in [0.3, 0.4) is 0 Å². The summed E-state index contributed by atoms with van der Waals surface area (Å²) in [6, 6.07) is 8.31. The topological polar surface area (TPSA) is 82.2 Å². The third-order valence-corrected chi connectivity index (χ3v) is 8.74. The zero-order valence-electron chi connectivity index (χ0n) is 21.3. The number of alkyl halides is 3. The average molecular weight is 546 g/mol. The normalized spacial score (nSPS) is 18.3. The molecule has 0 radical (unpaired) electrons. The predicted octanol–water partition coefficient (Wildman–Crippen LogP) is 5.29. The van der Waals surface area contributed by atoms with Crippen molar-refractivity contribution >= 4 is 23.2 Å². The highest BCUT2D eigenvalue weighted by Crippen LogP contribution is 2.36. The summed E-state index contributed by atoms with van der Waals surface area (Å²) < 4.78 is 39.7. The van der Waals surface area contributed by atoms with Crippen LogP contribution in [0.4, 0.5) is 13.2 Å². The maximum absolute atomic E-state index is 13.3. The SMILES string of the molecule is Cc1[nH]nc(C(F)(F)F)c1CC(=O)N1CCC(c2nc(C(=O)N(C)C3CCCc4ccccc43)cs2)CC1. The summed E-state index contributed by atoms with van der Waals surface area (Å²) in [4.78, 5) is 34.2. The largest absolute Gasteiger partial charge is 0.435 e. The summed E-state index contributed by atoms with van der Waals surface area (Å²) in [5.74, 6) is -0.340. The number of thiazole rings is 1. The molecule has 1 unspecified atom stereocenters. The highest BCUT2D eigenvalue weighted by Gasteiger charge is 2.38. The minimum Gasteiger partial charge on any atom is -0.342 e. The molecule has 3 aromatic rings. The second-order valence-corrected chi connectivity index (χ2v) is 11.0. The molecule has 1 fully saturated rings. The Kier molecular flexibility index (Phi) is 7.30. The molecule has 2 amide bonds. The second-order valence-electron chi connectivity index (χ2n) is 10.1. The van der Waals surface area contributed by atoms with Gasteiger partial charge < -0.3 is 9.80 Å². The Morgan fingerprint density at radius 1 is 1.18 bits per heavy atom. The van der Waals surface area contributed by atoms with Crippen molar-refractivity contribution in [3.8, 4) is 0 Å². The molecule has 11 heteroatoms. The van der Waals surface area contributed by atoms with Crippen molar-refractivity contribution < 1.29 is 22.8 Å². The van der Waals surface area contributed by atoms with E-state index in [1.165, 1.54) is 29.4 Å². The third-order valence-electron chi connectivity index (χ3n) is 7.73. The monoisotopic (exact) mass is 545 g/mol. The van der Waals surface area contributed by atoms with Crippen molar-refractivity contribution in [1.29, 1.82) is 0 Å². The molecular weight excluding hydrogens is 515 g/mol. The van der Waals surface area contributed by atoms with Crippen molar-refractivity contribution in [3.63, 3.8) is 0 Å². The van der Waals surface area contributed by atoms with Crippen molar-refractivity contribution in [1.82, 2.24) is 25.0 Å². The fraction of sp³-hybridized carbons (Fsp3) is 0.481. The Bertz CT molecular complexity index is 1330. The standard InChI is InChI=1S/C27H30F3N5O2S/c1-16-20(24(33-32-16)27(28,29)30)14-23(36)35-12-10-18(11-13-35)25-31-21(15-38-25)26(37)34(2)22-9-5-7-17-6-3-4-8-19(17)22/h3-4,6,8,15,18,22H,5,7,9-14H2,1-2H3,(H,32,33). The number of amides is 2. The summed E-state index contributed by atoms with van der Waals surface area (Å²) in [6.07, 6.45) is -0.662. The van der Waals surface area contributed by atoms with Crippen molar-refractivity contribution in [2.75, 3.05) is 20.1 Å². The molecule has 0 bridgehead atoms. The van der Waals surface area contributed by atoms with Gasteiger partial charge in [-0.2, -0.15) is 18.3 Å². The van der Waals surface area contributed by atoms with Crippen molar-refractivity contribution in [2.24, 2.45) is 0 Å². The van der Waals surface area contributed by atoms with Crippen LogP contribution in [0.2, 0.25) is 0 Å². The number of piperidine rings is 1. The van der Waals surface area contributed by atoms with Crippen LogP contribution in [0.1, 0.15) is 81.2 Å². The molecule has 2 aliphatic rings. The maximum atomic E-state index is 13.3. The van der Waals surface area contributed by atoms with Gasteiger partial charge in [-0.15, -0.1) is 11.3 Å². The minimum absolute atomic E-state index is 0.0311. The van der Waals surface area contributed by atoms with Gasteiger partial charge in [0, 0.05) is 42.7 Å². The van der Waals surface area contributed by atoms with Crippen LogP contribution in [-0.2, 0) is 23.8 Å². The van der Waals surface area contributed by atoms with E-state index in [1.807, 2.05) is 19.2 Å². The molecule has 1 aliphatic heterocycles. The quantitative estimate of drug-likeness (QED) is 0.472. The summed E-state index contributed by atoms with van der Waals surface area (Å²) in [6.45, 7) is 2.36.